The average Bonchev–Trinajstić information content (AvgIpc) is 2.38. The largest absolute Gasteiger partial charge is 0.356 e. The number of likely N-dealkylation sites (tertiary alicyclic amines) is 1. The van der Waals surface area contributed by atoms with Crippen LogP contribution in [0.2, 0.25) is 0 Å². The van der Waals surface area contributed by atoms with E-state index in [1.165, 1.54) is 6.42 Å². The fourth-order valence-electron chi connectivity index (χ4n) is 2.66. The lowest BCUT2D eigenvalue weighted by Crippen LogP contribution is -2.43. The van der Waals surface area contributed by atoms with E-state index in [9.17, 15) is 9.59 Å². The molecule has 116 valence electrons. The molecule has 0 aliphatic carbocycles. The predicted octanol–water partition coefficient (Wildman–Crippen LogP) is 0.997. The van der Waals surface area contributed by atoms with Gasteiger partial charge in [-0.25, -0.2) is 0 Å². The van der Waals surface area contributed by atoms with E-state index >= 15 is 0 Å². The number of carbonyl (C=O) groups excluding carboxylic acids is 2. The van der Waals surface area contributed by atoms with E-state index in [1.807, 2.05) is 25.8 Å². The van der Waals surface area contributed by atoms with Crippen LogP contribution in [-0.4, -0.2) is 49.9 Å². The Morgan fingerprint density at radius 1 is 1.35 bits per heavy atom. The first kappa shape index (κ1) is 17.0. The van der Waals surface area contributed by atoms with Gasteiger partial charge in [0, 0.05) is 32.5 Å². The first-order chi connectivity index (χ1) is 9.52. The maximum absolute atomic E-state index is 12.1. The summed E-state index contributed by atoms with van der Waals surface area (Å²) in [6, 6.07) is 0. The molecular formula is C15H29N3O2. The highest BCUT2D eigenvalue weighted by atomic mass is 16.2. The van der Waals surface area contributed by atoms with Crippen LogP contribution >= 0.6 is 0 Å². The lowest BCUT2D eigenvalue weighted by Gasteiger charge is -2.32. The standard InChI is InChI=1S/C15H29N3O2/c1-12(2)9-14(19)17-7-6-15(20)18-8-4-5-13(11-18)10-16-3/h12-13,16H,4-11H2,1-3H3,(H,17,19). The summed E-state index contributed by atoms with van der Waals surface area (Å²) in [6.45, 7) is 7.16. The molecule has 1 atom stereocenters. The van der Waals surface area contributed by atoms with Crippen molar-refractivity contribution in [3.05, 3.63) is 0 Å². The molecule has 1 fully saturated rings. The summed E-state index contributed by atoms with van der Waals surface area (Å²) in [5, 5.41) is 6.00. The second-order valence-corrected chi connectivity index (χ2v) is 6.10. The second kappa shape index (κ2) is 8.95. The fraction of sp³-hybridized carbons (Fsp3) is 0.867. The molecule has 5 nitrogen and oxygen atoms in total. The average molecular weight is 283 g/mol. The molecule has 20 heavy (non-hydrogen) atoms. The molecule has 0 aromatic carbocycles. The molecule has 0 bridgehead atoms. The van der Waals surface area contributed by atoms with Crippen LogP contribution in [0.15, 0.2) is 0 Å². The fourth-order valence-corrected chi connectivity index (χ4v) is 2.66. The summed E-state index contributed by atoms with van der Waals surface area (Å²) < 4.78 is 0. The summed E-state index contributed by atoms with van der Waals surface area (Å²) in [6.07, 6.45) is 3.21. The monoisotopic (exact) mass is 283 g/mol. The van der Waals surface area contributed by atoms with Crippen molar-refractivity contribution in [1.82, 2.24) is 15.5 Å². The van der Waals surface area contributed by atoms with Gasteiger partial charge in [-0.1, -0.05) is 13.8 Å². The summed E-state index contributed by atoms with van der Waals surface area (Å²) >= 11 is 0. The summed E-state index contributed by atoms with van der Waals surface area (Å²) in [7, 11) is 1.95. The normalized spacial score (nSPS) is 19.2. The number of piperidine rings is 1. The Morgan fingerprint density at radius 3 is 2.75 bits per heavy atom. The maximum atomic E-state index is 12.1. The summed E-state index contributed by atoms with van der Waals surface area (Å²) in [5.41, 5.74) is 0. The van der Waals surface area contributed by atoms with E-state index in [-0.39, 0.29) is 11.8 Å². The third-order valence-corrected chi connectivity index (χ3v) is 3.62. The van der Waals surface area contributed by atoms with Crippen molar-refractivity contribution >= 4 is 11.8 Å². The molecule has 1 heterocycles. The number of nitrogens with zero attached hydrogens (tertiary/aromatic N) is 1. The predicted molar refractivity (Wildman–Crippen MR) is 80.3 cm³/mol. The number of hydrogen-bond acceptors (Lipinski definition) is 3. The molecule has 0 aromatic rings. The highest BCUT2D eigenvalue weighted by Gasteiger charge is 2.22. The molecule has 0 radical (unpaired) electrons. The van der Waals surface area contributed by atoms with E-state index in [4.69, 9.17) is 0 Å². The molecule has 1 rings (SSSR count). The van der Waals surface area contributed by atoms with Crippen LogP contribution in [0.4, 0.5) is 0 Å². The lowest BCUT2D eigenvalue weighted by molar-refractivity contribution is -0.133. The van der Waals surface area contributed by atoms with Crippen LogP contribution in [-0.2, 0) is 9.59 Å². The Labute approximate surface area is 122 Å². The van der Waals surface area contributed by atoms with Crippen molar-refractivity contribution in [2.45, 2.75) is 39.5 Å². The smallest absolute Gasteiger partial charge is 0.224 e. The minimum Gasteiger partial charge on any atom is -0.356 e. The van der Waals surface area contributed by atoms with E-state index in [0.29, 0.717) is 31.2 Å². The molecule has 2 amide bonds. The lowest BCUT2D eigenvalue weighted by atomic mass is 9.98. The summed E-state index contributed by atoms with van der Waals surface area (Å²) in [5.74, 6) is 1.12. The molecule has 0 aromatic heterocycles. The van der Waals surface area contributed by atoms with Gasteiger partial charge in [0.05, 0.1) is 0 Å². The molecule has 0 saturated carbocycles. The number of nitrogens with one attached hydrogen (secondary N) is 2. The second-order valence-electron chi connectivity index (χ2n) is 6.10. The van der Waals surface area contributed by atoms with E-state index < -0.39 is 0 Å². The molecule has 5 heteroatoms. The minimum absolute atomic E-state index is 0.0412. The number of carbonyl (C=O) groups is 2. The van der Waals surface area contributed by atoms with E-state index in [1.54, 1.807) is 0 Å². The molecule has 2 N–H and O–H groups in total. The van der Waals surface area contributed by atoms with Crippen LogP contribution in [0.5, 0.6) is 0 Å². The quantitative estimate of drug-likeness (QED) is 0.732. The van der Waals surface area contributed by atoms with Crippen LogP contribution in [0, 0.1) is 11.8 Å². The van der Waals surface area contributed by atoms with Crippen molar-refractivity contribution in [3.63, 3.8) is 0 Å². The Bertz CT molecular complexity index is 316. The third kappa shape index (κ3) is 6.37. The van der Waals surface area contributed by atoms with Gasteiger partial charge in [0.15, 0.2) is 0 Å². The Hall–Kier alpha value is -1.10. The van der Waals surface area contributed by atoms with Crippen LogP contribution in [0.25, 0.3) is 0 Å². The van der Waals surface area contributed by atoms with Crippen molar-refractivity contribution in [2.75, 3.05) is 33.2 Å². The Kier molecular flexibility index (Phi) is 7.59. The third-order valence-electron chi connectivity index (χ3n) is 3.62. The first-order valence-corrected chi connectivity index (χ1v) is 7.72. The van der Waals surface area contributed by atoms with E-state index in [2.05, 4.69) is 10.6 Å². The van der Waals surface area contributed by atoms with Gasteiger partial charge in [-0.15, -0.1) is 0 Å². The van der Waals surface area contributed by atoms with Gasteiger partial charge in [-0.05, 0) is 38.3 Å². The van der Waals surface area contributed by atoms with Gasteiger partial charge < -0.3 is 15.5 Å². The van der Waals surface area contributed by atoms with Gasteiger partial charge in [-0.2, -0.15) is 0 Å². The van der Waals surface area contributed by atoms with Crippen molar-refractivity contribution in [2.24, 2.45) is 11.8 Å². The number of hydrogen-bond donors (Lipinski definition) is 2. The van der Waals surface area contributed by atoms with E-state index in [0.717, 1.165) is 26.1 Å². The zero-order valence-electron chi connectivity index (χ0n) is 13.1. The topological polar surface area (TPSA) is 61.4 Å². The SMILES string of the molecule is CNCC1CCCN(C(=O)CCNC(=O)CC(C)C)C1. The summed E-state index contributed by atoms with van der Waals surface area (Å²) in [4.78, 5) is 25.6. The highest BCUT2D eigenvalue weighted by Crippen LogP contribution is 2.16. The van der Waals surface area contributed by atoms with Crippen molar-refractivity contribution in [3.8, 4) is 0 Å². The molecule has 1 aliphatic heterocycles. The zero-order valence-corrected chi connectivity index (χ0v) is 13.1. The van der Waals surface area contributed by atoms with Gasteiger partial charge in [0.2, 0.25) is 11.8 Å². The van der Waals surface area contributed by atoms with Gasteiger partial charge in [0.25, 0.3) is 0 Å². The van der Waals surface area contributed by atoms with Crippen molar-refractivity contribution < 1.29 is 9.59 Å². The molecular weight excluding hydrogens is 254 g/mol. The number of amides is 2. The Morgan fingerprint density at radius 2 is 2.10 bits per heavy atom. The molecule has 1 aliphatic rings. The Balaban J connectivity index is 2.23. The van der Waals surface area contributed by atoms with Crippen LogP contribution in [0.1, 0.15) is 39.5 Å². The first-order valence-electron chi connectivity index (χ1n) is 7.72. The minimum atomic E-state index is 0.0412. The van der Waals surface area contributed by atoms with Crippen molar-refractivity contribution in [1.29, 1.82) is 0 Å². The molecule has 0 spiro atoms. The molecule has 1 saturated heterocycles. The number of rotatable bonds is 7. The van der Waals surface area contributed by atoms with Crippen LogP contribution in [0.3, 0.4) is 0 Å². The van der Waals surface area contributed by atoms with Crippen LogP contribution < -0.4 is 10.6 Å². The van der Waals surface area contributed by atoms with Gasteiger partial charge in [0.1, 0.15) is 0 Å². The zero-order chi connectivity index (χ0) is 15.0. The van der Waals surface area contributed by atoms with Gasteiger partial charge in [-0.3, -0.25) is 9.59 Å². The van der Waals surface area contributed by atoms with Gasteiger partial charge >= 0.3 is 0 Å². The highest BCUT2D eigenvalue weighted by molar-refractivity contribution is 5.79. The molecule has 1 unspecified atom stereocenters. The maximum Gasteiger partial charge on any atom is 0.224 e.